The van der Waals surface area contributed by atoms with Crippen LogP contribution in [-0.4, -0.2) is 29.3 Å². The van der Waals surface area contributed by atoms with Crippen molar-refractivity contribution >= 4 is 11.3 Å². The summed E-state index contributed by atoms with van der Waals surface area (Å²) in [6, 6.07) is 8.75. The number of hydrogen-bond acceptors (Lipinski definition) is 6. The fraction of sp³-hybridized carbons (Fsp3) is 0.294. The zero-order valence-electron chi connectivity index (χ0n) is 13.7. The van der Waals surface area contributed by atoms with Gasteiger partial charge in [-0.15, -0.1) is 21.5 Å². The Morgan fingerprint density at radius 1 is 1.33 bits per heavy atom. The molecule has 2 heterocycles. The summed E-state index contributed by atoms with van der Waals surface area (Å²) in [7, 11) is 3.38. The minimum atomic E-state index is -0.367. The van der Waals surface area contributed by atoms with Crippen LogP contribution in [-0.2, 0) is 6.54 Å². The van der Waals surface area contributed by atoms with Gasteiger partial charge in [-0.1, -0.05) is 12.1 Å². The van der Waals surface area contributed by atoms with E-state index >= 15 is 0 Å². The van der Waals surface area contributed by atoms with Gasteiger partial charge in [-0.25, -0.2) is 4.39 Å². The monoisotopic (exact) mass is 347 g/mol. The largest absolute Gasteiger partial charge is 0.494 e. The third kappa shape index (κ3) is 3.47. The standard InChI is InChI=1S/C17H18FN3O2S/c1-11(16-19-20-17(23-16)15-5-4-8-24-15)21(2)10-12-6-7-14(22-3)13(18)9-12/h4-9,11H,10H2,1-3H3/t11-/m0/s1. The third-order valence-corrected chi connectivity index (χ3v) is 4.70. The Kier molecular flexibility index (Phi) is 4.92. The molecule has 24 heavy (non-hydrogen) atoms. The first-order valence-corrected chi connectivity index (χ1v) is 8.36. The van der Waals surface area contributed by atoms with Crippen LogP contribution in [0, 0.1) is 5.82 Å². The van der Waals surface area contributed by atoms with Crippen LogP contribution in [0.2, 0.25) is 0 Å². The van der Waals surface area contributed by atoms with Crippen LogP contribution in [0.5, 0.6) is 5.75 Å². The topological polar surface area (TPSA) is 51.4 Å². The van der Waals surface area contributed by atoms with Gasteiger partial charge in [0.15, 0.2) is 11.6 Å². The number of methoxy groups -OCH3 is 1. The maximum Gasteiger partial charge on any atom is 0.257 e. The molecule has 0 fully saturated rings. The highest BCUT2D eigenvalue weighted by Crippen LogP contribution is 2.27. The number of rotatable bonds is 6. The van der Waals surface area contributed by atoms with E-state index in [0.717, 1.165) is 10.4 Å². The Labute approximate surface area is 143 Å². The summed E-state index contributed by atoms with van der Waals surface area (Å²) in [5.74, 6) is 0.936. The summed E-state index contributed by atoms with van der Waals surface area (Å²) in [6.07, 6.45) is 0. The van der Waals surface area contributed by atoms with E-state index in [9.17, 15) is 4.39 Å². The molecule has 126 valence electrons. The van der Waals surface area contributed by atoms with E-state index in [1.165, 1.54) is 13.2 Å². The number of hydrogen-bond donors (Lipinski definition) is 0. The molecule has 5 nitrogen and oxygen atoms in total. The average Bonchev–Trinajstić information content (AvgIpc) is 3.25. The summed E-state index contributed by atoms with van der Waals surface area (Å²) in [5.41, 5.74) is 0.848. The number of halogens is 1. The van der Waals surface area contributed by atoms with Crippen molar-refractivity contribution in [1.82, 2.24) is 15.1 Å². The molecule has 3 rings (SSSR count). The first kappa shape index (κ1) is 16.6. The Bertz CT molecular complexity index is 804. The second-order valence-electron chi connectivity index (χ2n) is 5.48. The predicted octanol–water partition coefficient (Wildman–Crippen LogP) is 4.14. The van der Waals surface area contributed by atoms with E-state index in [1.54, 1.807) is 17.4 Å². The Morgan fingerprint density at radius 2 is 2.17 bits per heavy atom. The molecule has 3 aromatic rings. The van der Waals surface area contributed by atoms with Gasteiger partial charge in [0.2, 0.25) is 5.89 Å². The van der Waals surface area contributed by atoms with Gasteiger partial charge in [0.05, 0.1) is 18.0 Å². The molecule has 1 aromatic carbocycles. The van der Waals surface area contributed by atoms with Crippen LogP contribution in [0.3, 0.4) is 0 Å². The number of ether oxygens (including phenoxy) is 1. The van der Waals surface area contributed by atoms with Crippen molar-refractivity contribution in [1.29, 1.82) is 0 Å². The fourth-order valence-corrected chi connectivity index (χ4v) is 2.97. The van der Waals surface area contributed by atoms with Crippen LogP contribution in [0.15, 0.2) is 40.1 Å². The van der Waals surface area contributed by atoms with Gasteiger partial charge in [-0.3, -0.25) is 4.90 Å². The molecule has 0 unspecified atom stereocenters. The van der Waals surface area contributed by atoms with Crippen LogP contribution in [0.4, 0.5) is 4.39 Å². The molecule has 1 atom stereocenters. The molecule has 0 amide bonds. The summed E-state index contributed by atoms with van der Waals surface area (Å²) >= 11 is 1.55. The highest BCUT2D eigenvalue weighted by atomic mass is 32.1. The quantitative estimate of drug-likeness (QED) is 0.671. The lowest BCUT2D eigenvalue weighted by Crippen LogP contribution is -2.22. The Morgan fingerprint density at radius 3 is 2.83 bits per heavy atom. The van der Waals surface area contributed by atoms with Crippen molar-refractivity contribution in [3.8, 4) is 16.5 Å². The molecule has 7 heteroatoms. The zero-order valence-corrected chi connectivity index (χ0v) is 14.5. The summed E-state index contributed by atoms with van der Waals surface area (Å²) in [4.78, 5) is 2.97. The lowest BCUT2D eigenvalue weighted by Gasteiger charge is -2.21. The lowest BCUT2D eigenvalue weighted by atomic mass is 10.1. The van der Waals surface area contributed by atoms with Crippen LogP contribution in [0.25, 0.3) is 10.8 Å². The molecule has 0 spiro atoms. The molecular weight excluding hydrogens is 329 g/mol. The first-order chi connectivity index (χ1) is 11.6. The molecule has 0 saturated carbocycles. The Balaban J connectivity index is 1.70. The molecule has 0 aliphatic heterocycles. The molecule has 2 aromatic heterocycles. The predicted molar refractivity (Wildman–Crippen MR) is 90.4 cm³/mol. The van der Waals surface area contributed by atoms with Crippen molar-refractivity contribution in [2.75, 3.05) is 14.2 Å². The van der Waals surface area contributed by atoms with E-state index in [4.69, 9.17) is 9.15 Å². The maximum atomic E-state index is 13.8. The molecular formula is C17H18FN3O2S. The van der Waals surface area contributed by atoms with E-state index in [2.05, 4.69) is 10.2 Å². The second kappa shape index (κ2) is 7.11. The number of aromatic nitrogens is 2. The number of benzene rings is 1. The van der Waals surface area contributed by atoms with E-state index < -0.39 is 0 Å². The summed E-state index contributed by atoms with van der Waals surface area (Å²) in [5, 5.41) is 10.2. The van der Waals surface area contributed by atoms with Crippen molar-refractivity contribution < 1.29 is 13.5 Å². The van der Waals surface area contributed by atoms with Gasteiger partial charge in [0.25, 0.3) is 5.89 Å². The minimum Gasteiger partial charge on any atom is -0.494 e. The second-order valence-corrected chi connectivity index (χ2v) is 6.43. The van der Waals surface area contributed by atoms with E-state index in [-0.39, 0.29) is 17.6 Å². The number of nitrogens with zero attached hydrogens (tertiary/aromatic N) is 3. The Hall–Kier alpha value is -2.25. The molecule has 0 aliphatic rings. The van der Waals surface area contributed by atoms with Crippen LogP contribution >= 0.6 is 11.3 Å². The average molecular weight is 347 g/mol. The summed E-state index contributed by atoms with van der Waals surface area (Å²) < 4.78 is 24.5. The molecule has 0 aliphatic carbocycles. The fourth-order valence-electron chi connectivity index (χ4n) is 2.32. The van der Waals surface area contributed by atoms with Gasteiger partial charge in [-0.2, -0.15) is 0 Å². The SMILES string of the molecule is COc1ccc(CN(C)[C@@H](C)c2nnc(-c3cccs3)o2)cc1F. The van der Waals surface area contributed by atoms with Crippen LogP contribution < -0.4 is 4.74 Å². The maximum absolute atomic E-state index is 13.8. The highest BCUT2D eigenvalue weighted by molar-refractivity contribution is 7.13. The number of thiophene rings is 1. The van der Waals surface area contributed by atoms with Crippen molar-refractivity contribution in [2.45, 2.75) is 19.5 Å². The van der Waals surface area contributed by atoms with Crippen molar-refractivity contribution in [3.05, 3.63) is 53.0 Å². The molecule has 0 saturated heterocycles. The molecule has 0 N–H and O–H groups in total. The van der Waals surface area contributed by atoms with Crippen molar-refractivity contribution in [2.24, 2.45) is 0 Å². The van der Waals surface area contributed by atoms with Gasteiger partial charge < -0.3 is 9.15 Å². The zero-order chi connectivity index (χ0) is 17.1. The van der Waals surface area contributed by atoms with Gasteiger partial charge in [-0.05, 0) is 43.1 Å². The first-order valence-electron chi connectivity index (χ1n) is 7.48. The normalized spacial score (nSPS) is 12.5. The molecule has 0 radical (unpaired) electrons. The van der Waals surface area contributed by atoms with E-state index in [0.29, 0.717) is 18.3 Å². The van der Waals surface area contributed by atoms with Crippen LogP contribution in [0.1, 0.15) is 24.4 Å². The van der Waals surface area contributed by atoms with Gasteiger partial charge >= 0.3 is 0 Å². The molecule has 0 bridgehead atoms. The van der Waals surface area contributed by atoms with Gasteiger partial charge in [0, 0.05) is 6.54 Å². The summed E-state index contributed by atoms with van der Waals surface area (Å²) in [6.45, 7) is 2.53. The highest BCUT2D eigenvalue weighted by Gasteiger charge is 2.20. The van der Waals surface area contributed by atoms with E-state index in [1.807, 2.05) is 42.5 Å². The van der Waals surface area contributed by atoms with Gasteiger partial charge in [0.1, 0.15) is 0 Å². The van der Waals surface area contributed by atoms with Crippen molar-refractivity contribution in [3.63, 3.8) is 0 Å². The lowest BCUT2D eigenvalue weighted by molar-refractivity contribution is 0.217. The minimum absolute atomic E-state index is 0.0867. The third-order valence-electron chi connectivity index (χ3n) is 3.84. The smallest absolute Gasteiger partial charge is 0.257 e.